The first kappa shape index (κ1) is 12.5. The van der Waals surface area contributed by atoms with E-state index in [0.717, 1.165) is 0 Å². The first-order valence-electron chi connectivity index (χ1n) is 5.14. The SMILES string of the molecule is Cc1cc(-c2cnccc2C(=O)O)c(Cl)cc1F. The molecule has 0 aliphatic rings. The summed E-state index contributed by atoms with van der Waals surface area (Å²) in [5.74, 6) is -1.50. The number of aromatic carboxylic acids is 1. The first-order valence-corrected chi connectivity index (χ1v) is 5.52. The number of carboxylic acids is 1. The van der Waals surface area contributed by atoms with Crippen LogP contribution in [0.4, 0.5) is 4.39 Å². The van der Waals surface area contributed by atoms with E-state index in [2.05, 4.69) is 4.98 Å². The predicted octanol–water partition coefficient (Wildman–Crippen LogP) is 3.55. The highest BCUT2D eigenvalue weighted by atomic mass is 35.5. The monoisotopic (exact) mass is 265 g/mol. The number of carbonyl (C=O) groups is 1. The lowest BCUT2D eigenvalue weighted by molar-refractivity contribution is 0.0697. The van der Waals surface area contributed by atoms with Gasteiger partial charge in [0.15, 0.2) is 0 Å². The summed E-state index contributed by atoms with van der Waals surface area (Å²) in [7, 11) is 0. The van der Waals surface area contributed by atoms with Gasteiger partial charge in [0.05, 0.1) is 10.6 Å². The molecule has 92 valence electrons. The molecule has 0 atom stereocenters. The Bertz CT molecular complexity index is 628. The summed E-state index contributed by atoms with van der Waals surface area (Å²) in [6.07, 6.45) is 2.79. The van der Waals surface area contributed by atoms with E-state index >= 15 is 0 Å². The van der Waals surface area contributed by atoms with Gasteiger partial charge in [-0.3, -0.25) is 4.98 Å². The van der Waals surface area contributed by atoms with Crippen LogP contribution in [-0.2, 0) is 0 Å². The molecule has 2 aromatic rings. The Balaban J connectivity index is 2.69. The third-order valence-corrected chi connectivity index (χ3v) is 2.90. The number of nitrogens with zero attached hydrogens (tertiary/aromatic N) is 1. The van der Waals surface area contributed by atoms with Crippen LogP contribution >= 0.6 is 11.6 Å². The van der Waals surface area contributed by atoms with Gasteiger partial charge in [0.2, 0.25) is 0 Å². The normalized spacial score (nSPS) is 10.4. The molecule has 0 aliphatic heterocycles. The van der Waals surface area contributed by atoms with Crippen LogP contribution in [0.15, 0.2) is 30.6 Å². The molecule has 18 heavy (non-hydrogen) atoms. The van der Waals surface area contributed by atoms with Crippen molar-refractivity contribution in [2.75, 3.05) is 0 Å². The van der Waals surface area contributed by atoms with Gasteiger partial charge < -0.3 is 5.11 Å². The van der Waals surface area contributed by atoms with Crippen molar-refractivity contribution in [2.45, 2.75) is 6.92 Å². The Hall–Kier alpha value is -1.94. The lowest BCUT2D eigenvalue weighted by atomic mass is 10.00. The summed E-state index contributed by atoms with van der Waals surface area (Å²) in [5, 5.41) is 9.26. The lowest BCUT2D eigenvalue weighted by Gasteiger charge is -2.09. The van der Waals surface area contributed by atoms with Crippen LogP contribution in [0.5, 0.6) is 0 Å². The maximum Gasteiger partial charge on any atom is 0.336 e. The zero-order chi connectivity index (χ0) is 13.3. The fourth-order valence-corrected chi connectivity index (χ4v) is 1.91. The molecule has 1 aromatic heterocycles. The van der Waals surface area contributed by atoms with Crippen LogP contribution in [0.25, 0.3) is 11.1 Å². The zero-order valence-electron chi connectivity index (χ0n) is 9.45. The minimum atomic E-state index is -1.08. The van der Waals surface area contributed by atoms with E-state index in [1.807, 2.05) is 0 Å². The third kappa shape index (κ3) is 2.19. The number of halogens is 2. The molecule has 0 saturated carbocycles. The maximum absolute atomic E-state index is 13.3. The summed E-state index contributed by atoms with van der Waals surface area (Å²) in [6, 6.07) is 4.07. The van der Waals surface area contributed by atoms with Gasteiger partial charge in [-0.05, 0) is 30.7 Å². The number of hydrogen-bond donors (Lipinski definition) is 1. The zero-order valence-corrected chi connectivity index (χ0v) is 10.2. The third-order valence-electron chi connectivity index (χ3n) is 2.59. The van der Waals surface area contributed by atoms with E-state index in [9.17, 15) is 9.18 Å². The molecule has 0 bridgehead atoms. The molecule has 0 spiro atoms. The predicted molar refractivity (Wildman–Crippen MR) is 66.3 cm³/mol. The lowest BCUT2D eigenvalue weighted by Crippen LogP contribution is -2.00. The highest BCUT2D eigenvalue weighted by Crippen LogP contribution is 2.32. The van der Waals surface area contributed by atoms with Gasteiger partial charge in [-0.15, -0.1) is 0 Å². The molecule has 2 rings (SSSR count). The minimum Gasteiger partial charge on any atom is -0.478 e. The van der Waals surface area contributed by atoms with Gasteiger partial charge in [-0.1, -0.05) is 11.6 Å². The fraction of sp³-hybridized carbons (Fsp3) is 0.0769. The Labute approximate surface area is 108 Å². The maximum atomic E-state index is 13.3. The van der Waals surface area contributed by atoms with Crippen molar-refractivity contribution < 1.29 is 14.3 Å². The standard InChI is InChI=1S/C13H9ClFNO2/c1-7-4-9(11(14)5-12(7)15)10-6-16-3-2-8(10)13(17)18/h2-6H,1H3,(H,17,18). The Morgan fingerprint density at radius 1 is 1.39 bits per heavy atom. The van der Waals surface area contributed by atoms with E-state index in [1.165, 1.54) is 30.6 Å². The highest BCUT2D eigenvalue weighted by Gasteiger charge is 2.15. The molecule has 5 heteroatoms. The second-order valence-corrected chi connectivity index (χ2v) is 4.21. The topological polar surface area (TPSA) is 50.2 Å². The van der Waals surface area contributed by atoms with Crippen LogP contribution in [0.3, 0.4) is 0 Å². The number of pyridine rings is 1. The van der Waals surface area contributed by atoms with Crippen LogP contribution in [-0.4, -0.2) is 16.1 Å². The molecule has 0 amide bonds. The van der Waals surface area contributed by atoms with Gasteiger partial charge >= 0.3 is 5.97 Å². The van der Waals surface area contributed by atoms with E-state index in [1.54, 1.807) is 6.92 Å². The van der Waals surface area contributed by atoms with E-state index in [0.29, 0.717) is 16.7 Å². The molecule has 0 aliphatic carbocycles. The number of benzene rings is 1. The van der Waals surface area contributed by atoms with Crippen molar-refractivity contribution in [3.05, 3.63) is 52.6 Å². The molecule has 1 N–H and O–H groups in total. The number of carboxylic acid groups (broad SMARTS) is 1. The Morgan fingerprint density at radius 3 is 2.78 bits per heavy atom. The van der Waals surface area contributed by atoms with Crippen LogP contribution < -0.4 is 0 Å². The van der Waals surface area contributed by atoms with Gasteiger partial charge in [-0.25, -0.2) is 9.18 Å². The second kappa shape index (κ2) is 4.74. The number of aromatic nitrogens is 1. The van der Waals surface area contributed by atoms with E-state index in [4.69, 9.17) is 16.7 Å². The van der Waals surface area contributed by atoms with Crippen molar-refractivity contribution in [1.82, 2.24) is 4.98 Å². The molecule has 3 nitrogen and oxygen atoms in total. The van der Waals surface area contributed by atoms with Crippen molar-refractivity contribution >= 4 is 17.6 Å². The largest absolute Gasteiger partial charge is 0.478 e. The average molecular weight is 266 g/mol. The Morgan fingerprint density at radius 2 is 2.11 bits per heavy atom. The van der Waals surface area contributed by atoms with Gasteiger partial charge in [0, 0.05) is 23.5 Å². The molecule has 0 unspecified atom stereocenters. The summed E-state index contributed by atoms with van der Waals surface area (Å²) in [6.45, 7) is 1.59. The average Bonchev–Trinajstić information content (AvgIpc) is 2.34. The van der Waals surface area contributed by atoms with Crippen molar-refractivity contribution in [2.24, 2.45) is 0 Å². The number of rotatable bonds is 2. The van der Waals surface area contributed by atoms with Gasteiger partial charge in [-0.2, -0.15) is 0 Å². The van der Waals surface area contributed by atoms with Crippen molar-refractivity contribution in [1.29, 1.82) is 0 Å². The minimum absolute atomic E-state index is 0.0814. The Kier molecular flexibility index (Phi) is 3.30. The quantitative estimate of drug-likeness (QED) is 0.903. The smallest absolute Gasteiger partial charge is 0.336 e. The number of aryl methyl sites for hydroxylation is 1. The van der Waals surface area contributed by atoms with Crippen LogP contribution in [0.2, 0.25) is 5.02 Å². The first-order chi connectivity index (χ1) is 8.50. The van der Waals surface area contributed by atoms with E-state index < -0.39 is 11.8 Å². The molecule has 0 fully saturated rings. The highest BCUT2D eigenvalue weighted by molar-refractivity contribution is 6.33. The molecular weight excluding hydrogens is 257 g/mol. The molecule has 1 aromatic carbocycles. The van der Waals surface area contributed by atoms with Crippen LogP contribution in [0, 0.1) is 12.7 Å². The molecule has 0 saturated heterocycles. The molecular formula is C13H9ClFNO2. The van der Waals surface area contributed by atoms with Crippen molar-refractivity contribution in [3.63, 3.8) is 0 Å². The summed E-state index contributed by atoms with van der Waals surface area (Å²) in [4.78, 5) is 15.0. The van der Waals surface area contributed by atoms with Crippen LogP contribution in [0.1, 0.15) is 15.9 Å². The van der Waals surface area contributed by atoms with E-state index in [-0.39, 0.29) is 10.6 Å². The summed E-state index contributed by atoms with van der Waals surface area (Å²) >= 11 is 5.95. The summed E-state index contributed by atoms with van der Waals surface area (Å²) in [5.41, 5.74) is 1.31. The van der Waals surface area contributed by atoms with Gasteiger partial charge in [0.25, 0.3) is 0 Å². The number of hydrogen-bond acceptors (Lipinski definition) is 2. The fourth-order valence-electron chi connectivity index (χ4n) is 1.66. The molecule has 1 heterocycles. The summed E-state index contributed by atoms with van der Waals surface area (Å²) < 4.78 is 13.3. The molecule has 0 radical (unpaired) electrons. The second-order valence-electron chi connectivity index (χ2n) is 3.81. The van der Waals surface area contributed by atoms with Crippen molar-refractivity contribution in [3.8, 4) is 11.1 Å². The van der Waals surface area contributed by atoms with Gasteiger partial charge in [0.1, 0.15) is 5.82 Å².